The Morgan fingerprint density at radius 3 is 2.66 bits per heavy atom. The first-order valence-electron chi connectivity index (χ1n) is 10.7. The van der Waals surface area contributed by atoms with Crippen LogP contribution < -0.4 is 16.0 Å². The summed E-state index contributed by atoms with van der Waals surface area (Å²) in [6.07, 6.45) is 1.50. The lowest BCUT2D eigenvalue weighted by Gasteiger charge is -2.20. The molecule has 3 heterocycles. The van der Waals surface area contributed by atoms with Crippen molar-refractivity contribution < 1.29 is 23.2 Å². The second kappa shape index (κ2) is 8.76. The molecule has 0 aliphatic carbocycles. The maximum absolute atomic E-state index is 14.1. The lowest BCUT2D eigenvalue weighted by Crippen LogP contribution is -2.29. The topological polar surface area (TPSA) is 125 Å². The summed E-state index contributed by atoms with van der Waals surface area (Å²) in [7, 11) is 0. The van der Waals surface area contributed by atoms with Crippen molar-refractivity contribution >= 4 is 23.1 Å². The van der Waals surface area contributed by atoms with Gasteiger partial charge >= 0.3 is 6.05 Å². The smallest absolute Gasteiger partial charge is 0.353 e. The van der Waals surface area contributed by atoms with E-state index in [1.165, 1.54) is 24.4 Å². The number of anilines is 3. The van der Waals surface area contributed by atoms with Gasteiger partial charge in [0.2, 0.25) is 0 Å². The molecule has 4 N–H and O–H groups in total. The van der Waals surface area contributed by atoms with E-state index >= 15 is 0 Å². The second-order valence-electron chi connectivity index (χ2n) is 7.97. The van der Waals surface area contributed by atoms with Crippen molar-refractivity contribution in [3.63, 3.8) is 0 Å². The third-order valence-electron chi connectivity index (χ3n) is 5.52. The third kappa shape index (κ3) is 4.41. The Hall–Kier alpha value is -4.38. The quantitative estimate of drug-likeness (QED) is 0.292. The zero-order chi connectivity index (χ0) is 24.6. The summed E-state index contributed by atoms with van der Waals surface area (Å²) in [5.41, 5.74) is 1.71. The van der Waals surface area contributed by atoms with Crippen LogP contribution in [0.5, 0.6) is 0 Å². The largest absolute Gasteiger partial charge is 0.394 e. The average molecular weight is 478 g/mol. The van der Waals surface area contributed by atoms with E-state index in [0.29, 0.717) is 28.6 Å². The highest BCUT2D eigenvalue weighted by molar-refractivity contribution is 6.00. The summed E-state index contributed by atoms with van der Waals surface area (Å²) in [5, 5.41) is 21.8. The van der Waals surface area contributed by atoms with Gasteiger partial charge in [0.05, 0.1) is 35.0 Å². The highest BCUT2D eigenvalue weighted by Gasteiger charge is 2.44. The van der Waals surface area contributed by atoms with Crippen LogP contribution in [0.15, 0.2) is 65.3 Å². The van der Waals surface area contributed by atoms with Crippen LogP contribution in [0.1, 0.15) is 33.4 Å². The number of fused-ring (bicyclic) bond motifs is 1. The number of nitrogens with one attached hydrogen (secondary N) is 3. The lowest BCUT2D eigenvalue weighted by atomic mass is 10.1. The molecule has 1 aliphatic rings. The molecule has 0 bridgehead atoms. The van der Waals surface area contributed by atoms with Crippen molar-refractivity contribution in [2.75, 3.05) is 17.2 Å². The number of nitrogens with zero attached hydrogens (tertiary/aromatic N) is 3. The Labute approximate surface area is 198 Å². The van der Waals surface area contributed by atoms with Crippen LogP contribution in [0.3, 0.4) is 0 Å². The minimum absolute atomic E-state index is 0.0772. The molecule has 9 nitrogen and oxygen atoms in total. The van der Waals surface area contributed by atoms with Crippen molar-refractivity contribution in [2.24, 2.45) is 0 Å². The fraction of sp³-hybridized carbons (Fsp3) is 0.167. The van der Waals surface area contributed by atoms with Crippen LogP contribution in [0.4, 0.5) is 26.0 Å². The molecule has 0 radical (unpaired) electrons. The molecule has 1 aliphatic heterocycles. The van der Waals surface area contributed by atoms with E-state index in [1.807, 2.05) is 30.3 Å². The number of hydrogen-bond acceptors (Lipinski definition) is 8. The number of carbonyl (C=O) groups excluding carboxylic acids is 1. The van der Waals surface area contributed by atoms with Gasteiger partial charge in [0.25, 0.3) is 11.8 Å². The zero-order valence-electron chi connectivity index (χ0n) is 18.4. The minimum atomic E-state index is -3.45. The van der Waals surface area contributed by atoms with Crippen molar-refractivity contribution in [1.82, 2.24) is 20.4 Å². The Morgan fingerprint density at radius 1 is 1.14 bits per heavy atom. The van der Waals surface area contributed by atoms with Gasteiger partial charge in [-0.15, -0.1) is 0 Å². The molecule has 0 fully saturated rings. The van der Waals surface area contributed by atoms with E-state index in [0.717, 1.165) is 5.56 Å². The molecule has 0 spiro atoms. The SMILES string of the molecule is Cc1noc(-c2cnc(Nc3ccc4c(c3)C(F)(F)NC4=O)cc2N[C@H](CO)c2ccccc2)n1. The molecule has 1 atom stereocenters. The predicted octanol–water partition coefficient (Wildman–Crippen LogP) is 4.12. The molecule has 1 amide bonds. The minimum Gasteiger partial charge on any atom is -0.394 e. The number of aliphatic hydroxyl groups is 1. The van der Waals surface area contributed by atoms with Crippen molar-refractivity contribution in [3.05, 3.63) is 83.3 Å². The molecule has 0 unspecified atom stereocenters. The first-order valence-corrected chi connectivity index (χ1v) is 10.7. The van der Waals surface area contributed by atoms with Crippen LogP contribution in [-0.4, -0.2) is 32.7 Å². The van der Waals surface area contributed by atoms with Crippen LogP contribution in [0, 0.1) is 6.92 Å². The molecule has 5 rings (SSSR count). The number of aliphatic hydroxyl groups excluding tert-OH is 1. The van der Waals surface area contributed by atoms with Crippen LogP contribution in [0.25, 0.3) is 11.5 Å². The number of halogens is 2. The summed E-state index contributed by atoms with van der Waals surface area (Å²) in [5.74, 6) is 0.182. The normalized spacial score (nSPS) is 14.8. The monoisotopic (exact) mass is 478 g/mol. The molecule has 2 aromatic carbocycles. The number of carbonyl (C=O) groups is 1. The van der Waals surface area contributed by atoms with Crippen molar-refractivity contribution in [2.45, 2.75) is 19.0 Å². The van der Waals surface area contributed by atoms with Gasteiger partial charge in [0.1, 0.15) is 5.82 Å². The number of aromatic nitrogens is 3. The Balaban J connectivity index is 1.50. The van der Waals surface area contributed by atoms with Gasteiger partial charge in [-0.25, -0.2) is 4.98 Å². The fourth-order valence-corrected chi connectivity index (χ4v) is 3.83. The lowest BCUT2D eigenvalue weighted by molar-refractivity contribution is -0.0241. The molecular formula is C24H20F2N6O3. The average Bonchev–Trinajstić information content (AvgIpc) is 3.37. The molecule has 0 saturated carbocycles. The molecule has 2 aromatic heterocycles. The van der Waals surface area contributed by atoms with Crippen LogP contribution in [-0.2, 0) is 6.05 Å². The number of aryl methyl sites for hydroxylation is 1. The maximum Gasteiger partial charge on any atom is 0.353 e. The number of hydrogen-bond donors (Lipinski definition) is 4. The highest BCUT2D eigenvalue weighted by atomic mass is 19.3. The molecular weight excluding hydrogens is 458 g/mol. The second-order valence-corrected chi connectivity index (χ2v) is 7.97. The Bertz CT molecular complexity index is 1390. The number of alkyl halides is 2. The summed E-state index contributed by atoms with van der Waals surface area (Å²) in [6.45, 7) is 1.49. The summed E-state index contributed by atoms with van der Waals surface area (Å²) in [6, 6.07) is 11.2. The predicted molar refractivity (Wildman–Crippen MR) is 123 cm³/mol. The summed E-state index contributed by atoms with van der Waals surface area (Å²) in [4.78, 5) is 20.4. The molecule has 11 heteroatoms. The van der Waals surface area contributed by atoms with E-state index in [1.54, 1.807) is 18.3 Å². The first-order chi connectivity index (χ1) is 16.8. The number of amides is 1. The van der Waals surface area contributed by atoms with Gasteiger partial charge in [-0.2, -0.15) is 13.8 Å². The molecule has 178 valence electrons. The number of pyridine rings is 1. The Kier molecular flexibility index (Phi) is 5.61. The molecule has 0 saturated heterocycles. The van der Waals surface area contributed by atoms with Gasteiger partial charge in [-0.3, -0.25) is 10.1 Å². The van der Waals surface area contributed by atoms with E-state index < -0.39 is 23.6 Å². The van der Waals surface area contributed by atoms with Crippen LogP contribution in [0.2, 0.25) is 0 Å². The zero-order valence-corrected chi connectivity index (χ0v) is 18.4. The fourth-order valence-electron chi connectivity index (χ4n) is 3.83. The van der Waals surface area contributed by atoms with Gasteiger partial charge in [-0.1, -0.05) is 35.5 Å². The third-order valence-corrected chi connectivity index (χ3v) is 5.52. The van der Waals surface area contributed by atoms with Gasteiger partial charge in [-0.05, 0) is 30.7 Å². The summed E-state index contributed by atoms with van der Waals surface area (Å²) < 4.78 is 33.6. The standard InChI is InChI=1S/C24H20F2N6O3/c1-13-28-23(35-32-13)17-11-27-21(10-19(17)30-20(12-33)14-5-3-2-4-6-14)29-15-7-8-16-18(9-15)24(25,26)31-22(16)34/h2-11,20,33H,12H2,1H3,(H,31,34)(H2,27,29,30)/t20-/m1/s1. The first kappa shape index (κ1) is 22.4. The Morgan fingerprint density at radius 2 is 1.94 bits per heavy atom. The summed E-state index contributed by atoms with van der Waals surface area (Å²) >= 11 is 0. The van der Waals surface area contributed by atoms with Crippen LogP contribution >= 0.6 is 0 Å². The van der Waals surface area contributed by atoms with E-state index in [9.17, 15) is 18.7 Å². The van der Waals surface area contributed by atoms with E-state index in [-0.39, 0.29) is 18.1 Å². The highest BCUT2D eigenvalue weighted by Crippen LogP contribution is 2.37. The van der Waals surface area contributed by atoms with Crippen molar-refractivity contribution in [1.29, 1.82) is 0 Å². The van der Waals surface area contributed by atoms with Gasteiger partial charge < -0.3 is 20.3 Å². The number of rotatable bonds is 7. The van der Waals surface area contributed by atoms with E-state index in [4.69, 9.17) is 4.52 Å². The van der Waals surface area contributed by atoms with Gasteiger partial charge in [0.15, 0.2) is 5.82 Å². The molecule has 4 aromatic rings. The van der Waals surface area contributed by atoms with Crippen molar-refractivity contribution in [3.8, 4) is 11.5 Å². The molecule has 35 heavy (non-hydrogen) atoms. The number of benzene rings is 2. The van der Waals surface area contributed by atoms with Gasteiger partial charge in [0, 0.05) is 18.0 Å². The van der Waals surface area contributed by atoms with E-state index in [2.05, 4.69) is 25.8 Å². The maximum atomic E-state index is 14.1.